The van der Waals surface area contributed by atoms with E-state index in [-0.39, 0.29) is 18.0 Å². The van der Waals surface area contributed by atoms with E-state index < -0.39 is 5.97 Å². The lowest BCUT2D eigenvalue weighted by molar-refractivity contribution is -0.165. The van der Waals surface area contributed by atoms with Crippen molar-refractivity contribution in [1.82, 2.24) is 4.90 Å². The van der Waals surface area contributed by atoms with E-state index in [0.717, 1.165) is 12.1 Å². The summed E-state index contributed by atoms with van der Waals surface area (Å²) in [5.74, 6) is -1.14. The summed E-state index contributed by atoms with van der Waals surface area (Å²) in [5, 5.41) is 8.58. The summed E-state index contributed by atoms with van der Waals surface area (Å²) in [6.07, 6.45) is 0. The van der Waals surface area contributed by atoms with E-state index >= 15 is 0 Å². The molecule has 0 bridgehead atoms. The van der Waals surface area contributed by atoms with Crippen LogP contribution in [0, 0.1) is 12.7 Å². The molecule has 1 heterocycles. The summed E-state index contributed by atoms with van der Waals surface area (Å²) >= 11 is 0. The maximum absolute atomic E-state index is 13.1. The predicted octanol–water partition coefficient (Wildman–Crippen LogP) is 1.81. The second kappa shape index (κ2) is 5.27. The van der Waals surface area contributed by atoms with Gasteiger partial charge in [0.05, 0.1) is 5.60 Å². The van der Waals surface area contributed by atoms with Gasteiger partial charge in [0.25, 0.3) is 0 Å². The summed E-state index contributed by atoms with van der Waals surface area (Å²) in [7, 11) is 0. The van der Waals surface area contributed by atoms with Crippen LogP contribution < -0.4 is 0 Å². The number of aryl methyl sites for hydroxylation is 1. The van der Waals surface area contributed by atoms with Crippen LogP contribution in [-0.2, 0) is 16.1 Å². The summed E-state index contributed by atoms with van der Waals surface area (Å²) in [5.41, 5.74) is 1.31. The lowest BCUT2D eigenvalue weighted by Gasteiger charge is -2.47. The Balaban J connectivity index is 1.84. The number of hydrogen-bond acceptors (Lipinski definition) is 3. The van der Waals surface area contributed by atoms with Crippen molar-refractivity contribution < 1.29 is 19.0 Å². The number of halogens is 1. The van der Waals surface area contributed by atoms with Crippen LogP contribution in [0.2, 0.25) is 0 Å². The van der Waals surface area contributed by atoms with Gasteiger partial charge in [0, 0.05) is 19.6 Å². The molecule has 104 valence electrons. The van der Waals surface area contributed by atoms with Crippen molar-refractivity contribution >= 4 is 5.97 Å². The zero-order valence-corrected chi connectivity index (χ0v) is 11.1. The third-order valence-corrected chi connectivity index (χ3v) is 3.29. The molecule has 2 rings (SSSR count). The molecule has 0 aliphatic carbocycles. The van der Waals surface area contributed by atoms with Crippen molar-refractivity contribution in [1.29, 1.82) is 0 Å². The number of benzene rings is 1. The van der Waals surface area contributed by atoms with Gasteiger partial charge in [0.1, 0.15) is 12.4 Å². The van der Waals surface area contributed by atoms with Gasteiger partial charge in [-0.15, -0.1) is 0 Å². The van der Waals surface area contributed by atoms with E-state index in [4.69, 9.17) is 9.84 Å². The highest BCUT2D eigenvalue weighted by molar-refractivity contribution is 5.68. The van der Waals surface area contributed by atoms with E-state index in [1.165, 1.54) is 6.07 Å². The molecule has 1 aromatic rings. The molecule has 0 aromatic heterocycles. The molecule has 0 amide bonds. The van der Waals surface area contributed by atoms with Gasteiger partial charge in [-0.25, -0.2) is 9.18 Å². The van der Waals surface area contributed by atoms with Crippen LogP contribution >= 0.6 is 0 Å². The number of aliphatic carboxylic acids is 1. The highest BCUT2D eigenvalue weighted by Gasteiger charge is 2.39. The smallest absolute Gasteiger partial charge is 0.329 e. The first-order valence-electron chi connectivity index (χ1n) is 6.21. The first kappa shape index (κ1) is 14.0. The second-order valence-corrected chi connectivity index (χ2v) is 5.36. The van der Waals surface area contributed by atoms with Crippen LogP contribution in [0.4, 0.5) is 4.39 Å². The molecule has 0 spiro atoms. The van der Waals surface area contributed by atoms with Crippen molar-refractivity contribution in [3.63, 3.8) is 0 Å². The van der Waals surface area contributed by atoms with Gasteiger partial charge in [-0.05, 0) is 31.0 Å². The third kappa shape index (κ3) is 3.52. The molecule has 1 aromatic carbocycles. The van der Waals surface area contributed by atoms with Gasteiger partial charge in [0.15, 0.2) is 0 Å². The Hall–Kier alpha value is -1.46. The second-order valence-electron chi connectivity index (χ2n) is 5.36. The largest absolute Gasteiger partial charge is 0.480 e. The van der Waals surface area contributed by atoms with Crippen LogP contribution in [0.5, 0.6) is 0 Å². The highest BCUT2D eigenvalue weighted by atomic mass is 19.1. The average Bonchev–Trinajstić information content (AvgIpc) is 2.29. The molecule has 1 aliphatic heterocycles. The lowest BCUT2D eigenvalue weighted by Crippen LogP contribution is -2.61. The highest BCUT2D eigenvalue weighted by Crippen LogP contribution is 2.26. The molecule has 1 fully saturated rings. The SMILES string of the molecule is Cc1cc(CN2CC(C)(OCC(=O)O)C2)ccc1F. The Morgan fingerprint density at radius 3 is 2.79 bits per heavy atom. The maximum atomic E-state index is 13.1. The Bertz CT molecular complexity index is 484. The third-order valence-electron chi connectivity index (χ3n) is 3.29. The van der Waals surface area contributed by atoms with Crippen molar-refractivity contribution in [2.75, 3.05) is 19.7 Å². The van der Waals surface area contributed by atoms with Crippen LogP contribution in [-0.4, -0.2) is 41.3 Å². The molecule has 0 atom stereocenters. The van der Waals surface area contributed by atoms with Gasteiger partial charge in [-0.1, -0.05) is 12.1 Å². The van der Waals surface area contributed by atoms with Gasteiger partial charge >= 0.3 is 5.97 Å². The van der Waals surface area contributed by atoms with E-state index in [1.54, 1.807) is 13.0 Å². The van der Waals surface area contributed by atoms with Crippen LogP contribution in [0.15, 0.2) is 18.2 Å². The standard InChI is InChI=1S/C14H18FNO3/c1-10-5-11(3-4-12(10)15)6-16-8-14(2,9-16)19-7-13(17)18/h3-5H,6-9H2,1-2H3,(H,17,18). The molecule has 4 nitrogen and oxygen atoms in total. The molecule has 5 heteroatoms. The van der Waals surface area contributed by atoms with Crippen molar-refractivity contribution in [2.24, 2.45) is 0 Å². The zero-order valence-electron chi connectivity index (χ0n) is 11.1. The van der Waals surface area contributed by atoms with Gasteiger partial charge in [-0.3, -0.25) is 4.90 Å². The molecule has 19 heavy (non-hydrogen) atoms. The van der Waals surface area contributed by atoms with Crippen LogP contribution in [0.25, 0.3) is 0 Å². The minimum Gasteiger partial charge on any atom is -0.480 e. The van der Waals surface area contributed by atoms with Crippen molar-refractivity contribution in [3.05, 3.63) is 35.1 Å². The van der Waals surface area contributed by atoms with E-state index in [0.29, 0.717) is 18.7 Å². The first-order valence-corrected chi connectivity index (χ1v) is 6.21. The monoisotopic (exact) mass is 267 g/mol. The Morgan fingerprint density at radius 2 is 2.21 bits per heavy atom. The van der Waals surface area contributed by atoms with Gasteiger partial charge < -0.3 is 9.84 Å². The molecular formula is C14H18FNO3. The fraction of sp³-hybridized carbons (Fsp3) is 0.500. The minimum absolute atomic E-state index is 0.193. The zero-order chi connectivity index (χ0) is 14.0. The number of likely N-dealkylation sites (tertiary alicyclic amines) is 1. The topological polar surface area (TPSA) is 49.8 Å². The van der Waals surface area contributed by atoms with E-state index in [1.807, 2.05) is 13.0 Å². The Morgan fingerprint density at radius 1 is 1.53 bits per heavy atom. The maximum Gasteiger partial charge on any atom is 0.329 e. The van der Waals surface area contributed by atoms with Crippen molar-refractivity contribution in [3.8, 4) is 0 Å². The predicted molar refractivity (Wildman–Crippen MR) is 68.4 cm³/mol. The molecule has 0 saturated carbocycles. The number of ether oxygens (including phenoxy) is 1. The number of carbonyl (C=O) groups is 1. The van der Waals surface area contributed by atoms with E-state index in [9.17, 15) is 9.18 Å². The number of carboxylic acids is 1. The van der Waals surface area contributed by atoms with Gasteiger partial charge in [-0.2, -0.15) is 0 Å². The minimum atomic E-state index is -0.950. The molecule has 0 unspecified atom stereocenters. The summed E-state index contributed by atoms with van der Waals surface area (Å²) in [4.78, 5) is 12.6. The molecule has 1 saturated heterocycles. The molecule has 0 radical (unpaired) electrons. The Labute approximate surface area is 111 Å². The van der Waals surface area contributed by atoms with Crippen LogP contribution in [0.1, 0.15) is 18.1 Å². The summed E-state index contributed by atoms with van der Waals surface area (Å²) in [6.45, 7) is 5.50. The number of hydrogen-bond donors (Lipinski definition) is 1. The first-order chi connectivity index (χ1) is 8.88. The summed E-state index contributed by atoms with van der Waals surface area (Å²) < 4.78 is 18.5. The average molecular weight is 267 g/mol. The van der Waals surface area contributed by atoms with Crippen LogP contribution in [0.3, 0.4) is 0 Å². The molecule has 1 N–H and O–H groups in total. The fourth-order valence-electron chi connectivity index (χ4n) is 2.40. The van der Waals surface area contributed by atoms with Gasteiger partial charge in [0.2, 0.25) is 0 Å². The number of rotatable bonds is 5. The Kier molecular flexibility index (Phi) is 3.87. The molecule has 1 aliphatic rings. The number of carboxylic acid groups (broad SMARTS) is 1. The lowest BCUT2D eigenvalue weighted by atomic mass is 9.95. The number of nitrogens with zero attached hydrogens (tertiary/aromatic N) is 1. The quantitative estimate of drug-likeness (QED) is 0.884. The van der Waals surface area contributed by atoms with Crippen molar-refractivity contribution in [2.45, 2.75) is 26.0 Å². The summed E-state index contributed by atoms with van der Waals surface area (Å²) in [6, 6.07) is 5.09. The normalized spacial score (nSPS) is 18.1. The molecular weight excluding hydrogens is 249 g/mol. The fourth-order valence-corrected chi connectivity index (χ4v) is 2.40. The van der Waals surface area contributed by atoms with E-state index in [2.05, 4.69) is 4.90 Å².